The maximum absolute atomic E-state index is 13.0. The second kappa shape index (κ2) is 7.80. The van der Waals surface area contributed by atoms with Crippen molar-refractivity contribution in [3.63, 3.8) is 0 Å². The summed E-state index contributed by atoms with van der Waals surface area (Å²) in [6, 6.07) is 6.16. The number of benzene rings is 1. The molecule has 0 atom stereocenters. The molecular formula is C20H32O2. The van der Waals surface area contributed by atoms with E-state index in [4.69, 9.17) is 4.74 Å². The molecule has 0 bridgehead atoms. The second-order valence-corrected chi connectivity index (χ2v) is 6.75. The largest absolute Gasteiger partial charge is 0.456 e. The van der Waals surface area contributed by atoms with Crippen LogP contribution in [0.15, 0.2) is 18.2 Å². The Kier molecular flexibility index (Phi) is 6.65. The Morgan fingerprint density at radius 3 is 1.68 bits per heavy atom. The fourth-order valence-corrected chi connectivity index (χ4v) is 3.00. The van der Waals surface area contributed by atoms with Gasteiger partial charge in [0.05, 0.1) is 5.56 Å². The van der Waals surface area contributed by atoms with E-state index in [-0.39, 0.29) is 11.6 Å². The second-order valence-electron chi connectivity index (χ2n) is 6.75. The van der Waals surface area contributed by atoms with E-state index in [0.29, 0.717) is 11.8 Å². The summed E-state index contributed by atoms with van der Waals surface area (Å²) in [5.41, 5.74) is 2.63. The summed E-state index contributed by atoms with van der Waals surface area (Å²) in [4.78, 5) is 13.0. The van der Waals surface area contributed by atoms with Gasteiger partial charge in [0.1, 0.15) is 5.60 Å². The number of carbonyl (C=O) groups is 1. The maximum atomic E-state index is 13.0. The molecule has 0 radical (unpaired) electrons. The van der Waals surface area contributed by atoms with E-state index in [0.717, 1.165) is 36.0 Å². The fourth-order valence-electron chi connectivity index (χ4n) is 3.00. The van der Waals surface area contributed by atoms with Crippen LogP contribution in [0.1, 0.15) is 101 Å². The molecule has 1 aromatic rings. The molecule has 0 heterocycles. The normalized spacial score (nSPS) is 12.0. The first-order valence-corrected chi connectivity index (χ1v) is 8.68. The monoisotopic (exact) mass is 304 g/mol. The quantitative estimate of drug-likeness (QED) is 0.572. The molecule has 2 nitrogen and oxygen atoms in total. The van der Waals surface area contributed by atoms with Gasteiger partial charge < -0.3 is 4.74 Å². The molecule has 0 aliphatic carbocycles. The Labute approximate surface area is 136 Å². The lowest BCUT2D eigenvalue weighted by Gasteiger charge is -2.31. The molecule has 0 aromatic heterocycles. The maximum Gasteiger partial charge on any atom is 0.339 e. The van der Waals surface area contributed by atoms with Gasteiger partial charge in [0.15, 0.2) is 0 Å². The summed E-state index contributed by atoms with van der Waals surface area (Å²) in [6.45, 7) is 14.8. The summed E-state index contributed by atoms with van der Waals surface area (Å²) >= 11 is 0. The van der Waals surface area contributed by atoms with Gasteiger partial charge in [-0.2, -0.15) is 0 Å². The number of hydrogen-bond acceptors (Lipinski definition) is 2. The van der Waals surface area contributed by atoms with Crippen molar-refractivity contribution < 1.29 is 9.53 Å². The van der Waals surface area contributed by atoms with Crippen LogP contribution in [0.2, 0.25) is 0 Å². The minimum Gasteiger partial charge on any atom is -0.456 e. The third-order valence-electron chi connectivity index (χ3n) is 4.82. The van der Waals surface area contributed by atoms with E-state index < -0.39 is 0 Å². The van der Waals surface area contributed by atoms with Gasteiger partial charge >= 0.3 is 5.97 Å². The van der Waals surface area contributed by atoms with E-state index in [1.807, 2.05) is 6.07 Å². The van der Waals surface area contributed by atoms with Gasteiger partial charge in [-0.05, 0) is 42.2 Å². The molecule has 0 saturated carbocycles. The smallest absolute Gasteiger partial charge is 0.339 e. The Morgan fingerprint density at radius 1 is 0.955 bits per heavy atom. The Balaban J connectivity index is 3.32. The Morgan fingerprint density at radius 2 is 1.36 bits per heavy atom. The van der Waals surface area contributed by atoms with Crippen LogP contribution in [-0.4, -0.2) is 11.6 Å². The summed E-state index contributed by atoms with van der Waals surface area (Å²) in [7, 11) is 0. The zero-order valence-electron chi connectivity index (χ0n) is 15.3. The minimum absolute atomic E-state index is 0.154. The Hall–Kier alpha value is -1.31. The van der Waals surface area contributed by atoms with E-state index in [2.05, 4.69) is 60.6 Å². The summed E-state index contributed by atoms with van der Waals surface area (Å²) in [5.74, 6) is 0.458. The van der Waals surface area contributed by atoms with Crippen molar-refractivity contribution >= 4 is 5.97 Å². The van der Waals surface area contributed by atoms with Gasteiger partial charge in [-0.25, -0.2) is 4.79 Å². The average molecular weight is 304 g/mol. The minimum atomic E-state index is -0.338. The van der Waals surface area contributed by atoms with Crippen molar-refractivity contribution in [2.75, 3.05) is 0 Å². The highest BCUT2D eigenvalue weighted by Crippen LogP contribution is 2.32. The molecule has 1 aromatic carbocycles. The number of ether oxygens (including phenoxy) is 1. The van der Waals surface area contributed by atoms with Crippen molar-refractivity contribution in [1.82, 2.24) is 0 Å². The topological polar surface area (TPSA) is 26.3 Å². The van der Waals surface area contributed by atoms with Gasteiger partial charge in [-0.3, -0.25) is 0 Å². The molecule has 0 N–H and O–H groups in total. The molecule has 0 aliphatic rings. The van der Waals surface area contributed by atoms with Crippen LogP contribution in [0.3, 0.4) is 0 Å². The van der Waals surface area contributed by atoms with Crippen LogP contribution in [-0.2, 0) is 4.74 Å². The molecule has 1 rings (SSSR count). The van der Waals surface area contributed by atoms with Crippen molar-refractivity contribution in [1.29, 1.82) is 0 Å². The fraction of sp³-hybridized carbons (Fsp3) is 0.650. The zero-order valence-corrected chi connectivity index (χ0v) is 15.3. The lowest BCUT2D eigenvalue weighted by Crippen LogP contribution is -2.34. The SMILES string of the molecule is CCC(CC)(CC)OC(=O)c1c(C(C)C)cccc1C(C)C. The van der Waals surface area contributed by atoms with E-state index in [1.54, 1.807) is 0 Å². The molecule has 0 unspecified atom stereocenters. The predicted octanol–water partition coefficient (Wildman–Crippen LogP) is 6.06. The lowest BCUT2D eigenvalue weighted by molar-refractivity contribution is -0.0251. The van der Waals surface area contributed by atoms with Gasteiger partial charge in [0, 0.05) is 0 Å². The molecule has 0 aliphatic heterocycles. The first-order valence-electron chi connectivity index (χ1n) is 8.68. The van der Waals surface area contributed by atoms with E-state index in [9.17, 15) is 4.79 Å². The van der Waals surface area contributed by atoms with Crippen LogP contribution >= 0.6 is 0 Å². The van der Waals surface area contributed by atoms with Gasteiger partial charge in [0.25, 0.3) is 0 Å². The molecular weight excluding hydrogens is 272 g/mol. The van der Waals surface area contributed by atoms with Crippen molar-refractivity contribution in [2.45, 2.75) is 85.2 Å². The molecule has 22 heavy (non-hydrogen) atoms. The highest BCUT2D eigenvalue weighted by Gasteiger charge is 2.31. The molecule has 0 saturated heterocycles. The van der Waals surface area contributed by atoms with Crippen LogP contribution in [0.25, 0.3) is 0 Å². The van der Waals surface area contributed by atoms with E-state index >= 15 is 0 Å². The number of hydrogen-bond donors (Lipinski definition) is 0. The first kappa shape index (κ1) is 18.7. The number of esters is 1. The lowest BCUT2D eigenvalue weighted by atomic mass is 9.88. The summed E-state index contributed by atoms with van der Waals surface area (Å²) in [6.07, 6.45) is 2.56. The molecule has 0 amide bonds. The number of carbonyl (C=O) groups excluding carboxylic acids is 1. The third-order valence-corrected chi connectivity index (χ3v) is 4.82. The first-order chi connectivity index (χ1) is 10.3. The van der Waals surface area contributed by atoms with Gasteiger partial charge in [-0.1, -0.05) is 66.7 Å². The number of rotatable bonds is 7. The average Bonchev–Trinajstić information content (AvgIpc) is 2.51. The zero-order chi connectivity index (χ0) is 16.9. The van der Waals surface area contributed by atoms with Crippen LogP contribution in [0, 0.1) is 0 Å². The molecule has 124 valence electrons. The van der Waals surface area contributed by atoms with E-state index in [1.165, 1.54) is 0 Å². The van der Waals surface area contributed by atoms with Crippen molar-refractivity contribution in [3.05, 3.63) is 34.9 Å². The summed E-state index contributed by atoms with van der Waals surface area (Å²) in [5, 5.41) is 0. The molecule has 2 heteroatoms. The molecule has 0 fully saturated rings. The summed E-state index contributed by atoms with van der Waals surface area (Å²) < 4.78 is 6.01. The highest BCUT2D eigenvalue weighted by atomic mass is 16.6. The van der Waals surface area contributed by atoms with Crippen LogP contribution in [0.5, 0.6) is 0 Å². The van der Waals surface area contributed by atoms with Gasteiger partial charge in [-0.15, -0.1) is 0 Å². The van der Waals surface area contributed by atoms with Crippen molar-refractivity contribution in [2.24, 2.45) is 0 Å². The van der Waals surface area contributed by atoms with Crippen LogP contribution in [0.4, 0.5) is 0 Å². The standard InChI is InChI=1S/C20H32O2/c1-8-20(9-2,10-3)22-19(21)18-16(14(4)5)12-11-13-17(18)15(6)7/h11-15H,8-10H2,1-7H3. The predicted molar refractivity (Wildman–Crippen MR) is 93.6 cm³/mol. The Bertz CT molecular complexity index is 462. The van der Waals surface area contributed by atoms with Crippen LogP contribution < -0.4 is 0 Å². The molecule has 0 spiro atoms. The van der Waals surface area contributed by atoms with Gasteiger partial charge in [0.2, 0.25) is 0 Å². The third kappa shape index (κ3) is 3.91. The highest BCUT2D eigenvalue weighted by molar-refractivity contribution is 5.93. The van der Waals surface area contributed by atoms with Crippen molar-refractivity contribution in [3.8, 4) is 0 Å².